The Morgan fingerprint density at radius 1 is 1.35 bits per heavy atom. The first kappa shape index (κ1) is 23.0. The van der Waals surface area contributed by atoms with E-state index in [4.69, 9.17) is 0 Å². The van der Waals surface area contributed by atoms with E-state index in [-0.39, 0.29) is 24.0 Å². The Morgan fingerprint density at radius 2 is 2.15 bits per heavy atom. The summed E-state index contributed by atoms with van der Waals surface area (Å²) >= 11 is 1.95. The van der Waals surface area contributed by atoms with Crippen molar-refractivity contribution < 1.29 is 13.2 Å². The molecule has 1 aliphatic rings. The van der Waals surface area contributed by atoms with Crippen LogP contribution in [-0.4, -0.2) is 36.6 Å². The molecular formula is C18H23F3IN3S. The largest absolute Gasteiger partial charge is 0.416 e. The smallest absolute Gasteiger partial charge is 0.357 e. The van der Waals surface area contributed by atoms with Crippen LogP contribution in [0.5, 0.6) is 0 Å². The summed E-state index contributed by atoms with van der Waals surface area (Å²) in [6, 6.07) is 5.04. The lowest BCUT2D eigenvalue weighted by Crippen LogP contribution is -2.37. The van der Waals surface area contributed by atoms with Crippen molar-refractivity contribution in [3.8, 4) is 11.8 Å². The molecule has 0 aromatic heterocycles. The second kappa shape index (κ2) is 11.6. The van der Waals surface area contributed by atoms with Crippen LogP contribution < -0.4 is 10.6 Å². The van der Waals surface area contributed by atoms with Crippen molar-refractivity contribution in [3.05, 3.63) is 35.4 Å². The Kier molecular flexibility index (Phi) is 10.2. The number of hydrogen-bond acceptors (Lipinski definition) is 2. The van der Waals surface area contributed by atoms with Crippen LogP contribution in [-0.2, 0) is 6.18 Å². The van der Waals surface area contributed by atoms with Crippen LogP contribution in [0.1, 0.15) is 30.9 Å². The monoisotopic (exact) mass is 497 g/mol. The fourth-order valence-electron chi connectivity index (χ4n) is 2.37. The summed E-state index contributed by atoms with van der Waals surface area (Å²) in [7, 11) is 0. The molecule has 0 aliphatic carbocycles. The normalized spacial score (nSPS) is 17.1. The van der Waals surface area contributed by atoms with Gasteiger partial charge in [-0.05, 0) is 43.7 Å². The van der Waals surface area contributed by atoms with Gasteiger partial charge in [0.1, 0.15) is 0 Å². The molecule has 26 heavy (non-hydrogen) atoms. The van der Waals surface area contributed by atoms with Crippen molar-refractivity contribution in [1.82, 2.24) is 10.6 Å². The van der Waals surface area contributed by atoms with Gasteiger partial charge >= 0.3 is 6.18 Å². The van der Waals surface area contributed by atoms with Gasteiger partial charge in [-0.25, -0.2) is 0 Å². The zero-order chi connectivity index (χ0) is 18.1. The Balaban J connectivity index is 0.00000338. The van der Waals surface area contributed by atoms with Crippen LogP contribution in [0.25, 0.3) is 0 Å². The van der Waals surface area contributed by atoms with Gasteiger partial charge in [-0.15, -0.1) is 24.0 Å². The third kappa shape index (κ3) is 8.08. The van der Waals surface area contributed by atoms with Crippen LogP contribution in [0, 0.1) is 11.8 Å². The Labute approximate surface area is 174 Å². The van der Waals surface area contributed by atoms with Crippen molar-refractivity contribution in [3.63, 3.8) is 0 Å². The molecule has 3 nitrogen and oxygen atoms in total. The summed E-state index contributed by atoms with van der Waals surface area (Å²) in [5.41, 5.74) is -0.336. The molecule has 1 atom stereocenters. The summed E-state index contributed by atoms with van der Waals surface area (Å²) in [6.07, 6.45) is -1.90. The van der Waals surface area contributed by atoms with Crippen LogP contribution >= 0.6 is 35.7 Å². The van der Waals surface area contributed by atoms with Gasteiger partial charge in [0.05, 0.1) is 18.7 Å². The number of alkyl halides is 3. The topological polar surface area (TPSA) is 36.4 Å². The molecule has 1 aliphatic heterocycles. The molecule has 1 unspecified atom stereocenters. The first-order chi connectivity index (χ1) is 12.0. The summed E-state index contributed by atoms with van der Waals surface area (Å²) in [4.78, 5) is 4.54. The Morgan fingerprint density at radius 3 is 2.81 bits per heavy atom. The van der Waals surface area contributed by atoms with Crippen molar-refractivity contribution in [2.75, 3.05) is 25.4 Å². The fourth-order valence-corrected chi connectivity index (χ4v) is 3.55. The summed E-state index contributed by atoms with van der Waals surface area (Å²) in [6.45, 7) is 3.81. The molecule has 1 aromatic rings. The minimum absolute atomic E-state index is 0. The van der Waals surface area contributed by atoms with Gasteiger partial charge in [0.15, 0.2) is 5.96 Å². The Hall–Kier alpha value is -1.08. The highest BCUT2D eigenvalue weighted by atomic mass is 127. The number of rotatable bonds is 4. The van der Waals surface area contributed by atoms with Crippen molar-refractivity contribution in [2.45, 2.75) is 31.2 Å². The zero-order valence-corrected chi connectivity index (χ0v) is 17.7. The van der Waals surface area contributed by atoms with Gasteiger partial charge in [0, 0.05) is 17.4 Å². The first-order valence-electron chi connectivity index (χ1n) is 8.29. The predicted octanol–water partition coefficient (Wildman–Crippen LogP) is 4.13. The van der Waals surface area contributed by atoms with Crippen LogP contribution in [0.4, 0.5) is 13.2 Å². The van der Waals surface area contributed by atoms with E-state index in [1.807, 2.05) is 18.7 Å². The fraction of sp³-hybridized carbons (Fsp3) is 0.500. The number of thioether (sulfide) groups is 1. The Bertz CT molecular complexity index is 647. The number of hydrogen-bond donors (Lipinski definition) is 2. The molecule has 0 radical (unpaired) electrons. The van der Waals surface area contributed by atoms with E-state index in [0.717, 1.165) is 25.2 Å². The SMILES string of the molecule is CCNC(=NCC1CCCS1)NCC#Cc1cccc(C(F)(F)F)c1.I. The highest BCUT2D eigenvalue weighted by molar-refractivity contribution is 14.0. The maximum atomic E-state index is 12.7. The van der Waals surface area contributed by atoms with Gasteiger partial charge in [-0.3, -0.25) is 4.99 Å². The summed E-state index contributed by atoms with van der Waals surface area (Å²) < 4.78 is 38.0. The second-order valence-corrected chi connectivity index (χ2v) is 7.00. The number of aliphatic imine (C=N–C) groups is 1. The standard InChI is InChI=1S/C18H22F3N3S.HI/c1-2-22-17(24-13-16-9-5-11-25-16)23-10-4-7-14-6-3-8-15(12-14)18(19,20)21;/h3,6,8,12,16H,2,5,9-11,13H2,1H3,(H2,22,23,24);1H. The predicted molar refractivity (Wildman–Crippen MR) is 113 cm³/mol. The number of benzene rings is 1. The molecule has 2 N–H and O–H groups in total. The van der Waals surface area contributed by atoms with Gasteiger partial charge < -0.3 is 10.6 Å². The van der Waals surface area contributed by atoms with Gasteiger partial charge in [0.25, 0.3) is 0 Å². The minimum atomic E-state index is -4.35. The van der Waals surface area contributed by atoms with E-state index in [1.165, 1.54) is 24.7 Å². The van der Waals surface area contributed by atoms with Gasteiger partial charge in [0.2, 0.25) is 0 Å². The van der Waals surface area contributed by atoms with Crippen molar-refractivity contribution in [1.29, 1.82) is 0 Å². The lowest BCUT2D eigenvalue weighted by molar-refractivity contribution is -0.137. The molecule has 0 amide bonds. The highest BCUT2D eigenvalue weighted by Gasteiger charge is 2.30. The van der Waals surface area contributed by atoms with E-state index in [1.54, 1.807) is 6.07 Å². The number of guanidine groups is 1. The zero-order valence-electron chi connectivity index (χ0n) is 14.5. The molecule has 1 heterocycles. The average molecular weight is 497 g/mol. The lowest BCUT2D eigenvalue weighted by atomic mass is 10.1. The molecule has 8 heteroatoms. The molecule has 0 saturated carbocycles. The van der Waals surface area contributed by atoms with Crippen LogP contribution in [0.15, 0.2) is 29.3 Å². The summed E-state index contributed by atoms with van der Waals surface area (Å²) in [5.74, 6) is 7.48. The number of halogens is 4. The number of nitrogens with one attached hydrogen (secondary N) is 2. The lowest BCUT2D eigenvalue weighted by Gasteiger charge is -2.10. The molecule has 1 saturated heterocycles. The second-order valence-electron chi connectivity index (χ2n) is 5.59. The maximum absolute atomic E-state index is 12.7. The van der Waals surface area contributed by atoms with E-state index in [0.29, 0.717) is 23.3 Å². The highest BCUT2D eigenvalue weighted by Crippen LogP contribution is 2.29. The van der Waals surface area contributed by atoms with E-state index in [9.17, 15) is 13.2 Å². The van der Waals surface area contributed by atoms with E-state index >= 15 is 0 Å². The van der Waals surface area contributed by atoms with Crippen molar-refractivity contribution >= 4 is 41.7 Å². The minimum Gasteiger partial charge on any atom is -0.357 e. The van der Waals surface area contributed by atoms with Crippen LogP contribution in [0.2, 0.25) is 0 Å². The maximum Gasteiger partial charge on any atom is 0.416 e. The first-order valence-corrected chi connectivity index (χ1v) is 9.34. The molecule has 144 valence electrons. The number of nitrogens with zero attached hydrogens (tertiary/aromatic N) is 1. The molecule has 0 bridgehead atoms. The third-order valence-electron chi connectivity index (χ3n) is 3.59. The van der Waals surface area contributed by atoms with Crippen molar-refractivity contribution in [2.24, 2.45) is 4.99 Å². The van der Waals surface area contributed by atoms with Gasteiger partial charge in [-0.2, -0.15) is 24.9 Å². The van der Waals surface area contributed by atoms with E-state index in [2.05, 4.69) is 27.5 Å². The quantitative estimate of drug-likeness (QED) is 0.285. The molecular weight excluding hydrogens is 474 g/mol. The third-order valence-corrected chi connectivity index (χ3v) is 4.97. The average Bonchev–Trinajstić information content (AvgIpc) is 3.09. The van der Waals surface area contributed by atoms with Gasteiger partial charge in [-0.1, -0.05) is 17.9 Å². The van der Waals surface area contributed by atoms with Crippen LogP contribution in [0.3, 0.4) is 0 Å². The molecule has 1 fully saturated rings. The van der Waals surface area contributed by atoms with E-state index < -0.39 is 11.7 Å². The molecule has 0 spiro atoms. The molecule has 2 rings (SSSR count). The summed E-state index contributed by atoms with van der Waals surface area (Å²) in [5, 5.41) is 6.82. The molecule has 1 aromatic carbocycles.